The number of nitrogens with zero attached hydrogens (tertiary/aromatic N) is 1. The fourth-order valence-electron chi connectivity index (χ4n) is 3.83. The maximum Gasteiger partial charge on any atom is 0.227 e. The molecule has 1 saturated carbocycles. The lowest BCUT2D eigenvalue weighted by atomic mass is 9.86. The first kappa shape index (κ1) is 16.5. The van der Waals surface area contributed by atoms with E-state index in [0.717, 1.165) is 44.3 Å². The van der Waals surface area contributed by atoms with E-state index in [4.69, 9.17) is 0 Å². The molecule has 23 heavy (non-hydrogen) atoms. The van der Waals surface area contributed by atoms with Crippen molar-refractivity contribution >= 4 is 11.6 Å². The van der Waals surface area contributed by atoms with Gasteiger partial charge in [-0.1, -0.05) is 12.1 Å². The second kappa shape index (κ2) is 7.45. The highest BCUT2D eigenvalue weighted by molar-refractivity contribution is 5.95. The summed E-state index contributed by atoms with van der Waals surface area (Å²) in [5.74, 6) is 0.741. The monoisotopic (exact) mass is 316 g/mol. The van der Waals surface area contributed by atoms with E-state index in [0.29, 0.717) is 31.0 Å². The molecule has 4 heteroatoms. The SMILES string of the molecule is CC(NC1CCC(CO)CC1)c1ccc(N2CCCC2=O)cc1. The first-order valence-electron chi connectivity index (χ1n) is 8.94. The van der Waals surface area contributed by atoms with E-state index in [-0.39, 0.29) is 5.91 Å². The third-order valence-corrected chi connectivity index (χ3v) is 5.37. The highest BCUT2D eigenvalue weighted by Crippen LogP contribution is 2.27. The van der Waals surface area contributed by atoms with Gasteiger partial charge in [-0.25, -0.2) is 0 Å². The summed E-state index contributed by atoms with van der Waals surface area (Å²) in [5.41, 5.74) is 2.29. The molecule has 2 aliphatic rings. The van der Waals surface area contributed by atoms with Gasteiger partial charge in [0.1, 0.15) is 0 Å². The zero-order chi connectivity index (χ0) is 16.2. The van der Waals surface area contributed by atoms with Crippen LogP contribution in [0.1, 0.15) is 57.1 Å². The molecule has 0 radical (unpaired) electrons. The molecule has 1 saturated heterocycles. The molecule has 2 N–H and O–H groups in total. The molecule has 126 valence electrons. The van der Waals surface area contributed by atoms with Gasteiger partial charge in [-0.2, -0.15) is 0 Å². The Balaban J connectivity index is 1.55. The number of hydrogen-bond acceptors (Lipinski definition) is 3. The summed E-state index contributed by atoms with van der Waals surface area (Å²) in [6.07, 6.45) is 6.19. The first-order valence-corrected chi connectivity index (χ1v) is 8.94. The van der Waals surface area contributed by atoms with Crippen LogP contribution in [0, 0.1) is 5.92 Å². The van der Waals surface area contributed by atoms with Crippen LogP contribution in [0.3, 0.4) is 0 Å². The van der Waals surface area contributed by atoms with Gasteiger partial charge in [0.2, 0.25) is 5.91 Å². The molecule has 1 unspecified atom stereocenters. The second-order valence-electron chi connectivity index (χ2n) is 7.03. The average Bonchev–Trinajstić information content (AvgIpc) is 3.02. The van der Waals surface area contributed by atoms with Crippen LogP contribution in [0.4, 0.5) is 5.69 Å². The van der Waals surface area contributed by atoms with E-state index in [1.807, 2.05) is 4.90 Å². The lowest BCUT2D eigenvalue weighted by Crippen LogP contribution is -2.35. The lowest BCUT2D eigenvalue weighted by Gasteiger charge is -2.30. The standard InChI is InChI=1S/C19H28N2O2/c1-14(20-17-8-4-15(13-22)5-9-17)16-6-10-18(11-7-16)21-12-2-3-19(21)23/h6-7,10-11,14-15,17,20,22H,2-5,8-9,12-13H2,1H3. The molecule has 1 aliphatic carbocycles. The summed E-state index contributed by atoms with van der Waals surface area (Å²) < 4.78 is 0. The van der Waals surface area contributed by atoms with Crippen LogP contribution in [-0.4, -0.2) is 30.2 Å². The highest BCUT2D eigenvalue weighted by Gasteiger charge is 2.23. The fraction of sp³-hybridized carbons (Fsp3) is 0.632. The smallest absolute Gasteiger partial charge is 0.227 e. The van der Waals surface area contributed by atoms with E-state index in [9.17, 15) is 9.90 Å². The molecule has 1 aliphatic heterocycles. The van der Waals surface area contributed by atoms with Crippen LogP contribution < -0.4 is 10.2 Å². The summed E-state index contributed by atoms with van der Waals surface area (Å²) >= 11 is 0. The molecule has 1 aromatic rings. The van der Waals surface area contributed by atoms with Crippen molar-refractivity contribution in [1.82, 2.24) is 5.32 Å². The minimum absolute atomic E-state index is 0.240. The normalized spacial score (nSPS) is 26.5. The van der Waals surface area contributed by atoms with Crippen molar-refractivity contribution < 1.29 is 9.90 Å². The number of carbonyl (C=O) groups is 1. The Morgan fingerprint density at radius 2 is 1.91 bits per heavy atom. The van der Waals surface area contributed by atoms with E-state index in [1.165, 1.54) is 5.56 Å². The maximum atomic E-state index is 11.8. The molecule has 0 spiro atoms. The van der Waals surface area contributed by atoms with Crippen LogP contribution >= 0.6 is 0 Å². The Bertz CT molecular complexity index is 521. The molecule has 4 nitrogen and oxygen atoms in total. The van der Waals surface area contributed by atoms with Crippen LogP contribution in [0.25, 0.3) is 0 Å². The number of rotatable bonds is 5. The van der Waals surface area contributed by atoms with Gasteiger partial charge in [-0.3, -0.25) is 4.79 Å². The fourth-order valence-corrected chi connectivity index (χ4v) is 3.83. The third-order valence-electron chi connectivity index (χ3n) is 5.37. The highest BCUT2D eigenvalue weighted by atomic mass is 16.3. The molecule has 0 bridgehead atoms. The van der Waals surface area contributed by atoms with Gasteiger partial charge in [-0.05, 0) is 62.6 Å². The summed E-state index contributed by atoms with van der Waals surface area (Å²) in [6.45, 7) is 3.38. The number of amides is 1. The topological polar surface area (TPSA) is 52.6 Å². The largest absolute Gasteiger partial charge is 0.396 e. The van der Waals surface area contributed by atoms with Crippen LogP contribution in [0.15, 0.2) is 24.3 Å². The molecule has 1 aromatic carbocycles. The number of aliphatic hydroxyl groups excluding tert-OH is 1. The molecule has 1 heterocycles. The van der Waals surface area contributed by atoms with Crippen molar-refractivity contribution in [3.63, 3.8) is 0 Å². The molecule has 2 fully saturated rings. The predicted octanol–water partition coefficient (Wildman–Crippen LogP) is 3.02. The van der Waals surface area contributed by atoms with Crippen LogP contribution in [0.5, 0.6) is 0 Å². The van der Waals surface area contributed by atoms with Crippen LogP contribution in [-0.2, 0) is 4.79 Å². The van der Waals surface area contributed by atoms with Gasteiger partial charge in [-0.15, -0.1) is 0 Å². The maximum absolute atomic E-state index is 11.8. The Kier molecular flexibility index (Phi) is 5.34. The zero-order valence-electron chi connectivity index (χ0n) is 14.0. The van der Waals surface area contributed by atoms with Gasteiger partial charge in [0.05, 0.1) is 0 Å². The summed E-state index contributed by atoms with van der Waals surface area (Å²) in [4.78, 5) is 13.7. The average molecular weight is 316 g/mol. The van der Waals surface area contributed by atoms with Crippen LogP contribution in [0.2, 0.25) is 0 Å². The second-order valence-corrected chi connectivity index (χ2v) is 7.03. The van der Waals surface area contributed by atoms with E-state index in [1.54, 1.807) is 0 Å². The Labute approximate surface area is 138 Å². The third kappa shape index (κ3) is 3.93. The van der Waals surface area contributed by atoms with Gasteiger partial charge in [0.25, 0.3) is 0 Å². The van der Waals surface area contributed by atoms with Gasteiger partial charge in [0, 0.05) is 37.3 Å². The number of anilines is 1. The number of carbonyl (C=O) groups excluding carboxylic acids is 1. The van der Waals surface area contributed by atoms with Crippen molar-refractivity contribution in [3.8, 4) is 0 Å². The van der Waals surface area contributed by atoms with E-state index < -0.39 is 0 Å². The summed E-state index contributed by atoms with van der Waals surface area (Å²) in [5, 5.41) is 12.9. The number of aliphatic hydroxyl groups is 1. The summed E-state index contributed by atoms with van der Waals surface area (Å²) in [7, 11) is 0. The molecular formula is C19H28N2O2. The molecule has 3 rings (SSSR count). The molecular weight excluding hydrogens is 288 g/mol. The van der Waals surface area contributed by atoms with Crippen molar-refractivity contribution in [1.29, 1.82) is 0 Å². The van der Waals surface area contributed by atoms with Crippen molar-refractivity contribution in [2.24, 2.45) is 5.92 Å². The zero-order valence-corrected chi connectivity index (χ0v) is 14.0. The minimum Gasteiger partial charge on any atom is -0.396 e. The molecule has 0 aromatic heterocycles. The molecule has 1 amide bonds. The molecule has 1 atom stereocenters. The lowest BCUT2D eigenvalue weighted by molar-refractivity contribution is -0.117. The number of hydrogen-bond donors (Lipinski definition) is 2. The Hall–Kier alpha value is -1.39. The first-order chi connectivity index (χ1) is 11.2. The summed E-state index contributed by atoms with van der Waals surface area (Å²) in [6, 6.07) is 9.27. The number of nitrogens with one attached hydrogen (secondary N) is 1. The minimum atomic E-state index is 0.240. The van der Waals surface area contributed by atoms with Crippen molar-refractivity contribution in [2.45, 2.75) is 57.5 Å². The van der Waals surface area contributed by atoms with E-state index >= 15 is 0 Å². The van der Waals surface area contributed by atoms with Crippen molar-refractivity contribution in [3.05, 3.63) is 29.8 Å². The van der Waals surface area contributed by atoms with E-state index in [2.05, 4.69) is 36.5 Å². The quantitative estimate of drug-likeness (QED) is 0.878. The Morgan fingerprint density at radius 3 is 2.48 bits per heavy atom. The predicted molar refractivity (Wildman–Crippen MR) is 92.4 cm³/mol. The Morgan fingerprint density at radius 1 is 1.22 bits per heavy atom. The van der Waals surface area contributed by atoms with Gasteiger partial charge < -0.3 is 15.3 Å². The number of benzene rings is 1. The van der Waals surface area contributed by atoms with Crippen molar-refractivity contribution in [2.75, 3.05) is 18.1 Å². The van der Waals surface area contributed by atoms with Gasteiger partial charge >= 0.3 is 0 Å². The van der Waals surface area contributed by atoms with Gasteiger partial charge in [0.15, 0.2) is 0 Å².